The van der Waals surface area contributed by atoms with Gasteiger partial charge in [-0.25, -0.2) is 0 Å². The lowest BCUT2D eigenvalue weighted by atomic mass is 10.0. The van der Waals surface area contributed by atoms with E-state index in [1.54, 1.807) is 11.3 Å². The highest BCUT2D eigenvalue weighted by molar-refractivity contribution is 7.10. The van der Waals surface area contributed by atoms with Gasteiger partial charge < -0.3 is 4.90 Å². The molecule has 2 unspecified atom stereocenters. The predicted octanol–water partition coefficient (Wildman–Crippen LogP) is 3.15. The number of carbonyl (C=O) groups is 1. The zero-order valence-corrected chi connectivity index (χ0v) is 12.7. The average Bonchev–Trinajstić information content (AvgIpc) is 3.37. The number of carbonyl (C=O) groups excluding carboxylic acids is 1. The van der Waals surface area contributed by atoms with E-state index in [9.17, 15) is 4.79 Å². The average molecular weight is 290 g/mol. The summed E-state index contributed by atoms with van der Waals surface area (Å²) in [5, 5.41) is 5.69. The van der Waals surface area contributed by atoms with Crippen molar-refractivity contribution in [2.24, 2.45) is 11.8 Å². The van der Waals surface area contributed by atoms with Crippen LogP contribution in [0.2, 0.25) is 0 Å². The highest BCUT2D eigenvalue weighted by Gasteiger charge is 2.52. The second kappa shape index (κ2) is 4.85. The van der Waals surface area contributed by atoms with Crippen LogP contribution in [0.25, 0.3) is 0 Å². The second-order valence-electron chi connectivity index (χ2n) is 6.46. The first-order chi connectivity index (χ1) is 9.79. The molecule has 20 heavy (non-hydrogen) atoms. The Morgan fingerprint density at radius 1 is 1.35 bits per heavy atom. The third-order valence-corrected chi connectivity index (χ3v) is 5.87. The molecule has 1 N–H and O–H groups in total. The molecule has 3 nitrogen and oxygen atoms in total. The van der Waals surface area contributed by atoms with Crippen molar-refractivity contribution in [2.75, 3.05) is 0 Å². The van der Waals surface area contributed by atoms with Crippen LogP contribution in [0.4, 0.5) is 0 Å². The van der Waals surface area contributed by atoms with Gasteiger partial charge in [-0.2, -0.15) is 0 Å². The molecular weight excluding hydrogens is 268 g/mol. The minimum atomic E-state index is 0.0158. The zero-order chi connectivity index (χ0) is 13.7. The number of nitrogens with one attached hydrogen (secondary N) is 1. The number of nitrogens with zero attached hydrogens (tertiary/aromatic N) is 1. The van der Waals surface area contributed by atoms with Crippen LogP contribution in [0.15, 0.2) is 17.5 Å². The van der Waals surface area contributed by atoms with Crippen LogP contribution in [0, 0.1) is 11.8 Å². The normalized spacial score (nSPS) is 30.5. The minimum absolute atomic E-state index is 0.0158. The molecule has 4 rings (SSSR count). The molecular formula is C16H22N2OS. The van der Waals surface area contributed by atoms with E-state index in [-0.39, 0.29) is 12.2 Å². The highest BCUT2D eigenvalue weighted by atomic mass is 32.1. The van der Waals surface area contributed by atoms with E-state index in [0.717, 1.165) is 18.3 Å². The van der Waals surface area contributed by atoms with Crippen LogP contribution in [-0.4, -0.2) is 22.9 Å². The Labute approximate surface area is 124 Å². The Morgan fingerprint density at radius 2 is 2.05 bits per heavy atom. The second-order valence-corrected chi connectivity index (χ2v) is 7.44. The fourth-order valence-electron chi connectivity index (χ4n) is 3.64. The maximum atomic E-state index is 12.8. The van der Waals surface area contributed by atoms with Crippen LogP contribution >= 0.6 is 11.3 Å². The predicted molar refractivity (Wildman–Crippen MR) is 80.4 cm³/mol. The number of rotatable bonds is 5. The summed E-state index contributed by atoms with van der Waals surface area (Å²) in [6.07, 6.45) is 6.29. The quantitative estimate of drug-likeness (QED) is 0.903. The number of amides is 1. The third-order valence-electron chi connectivity index (χ3n) is 4.94. The summed E-state index contributed by atoms with van der Waals surface area (Å²) in [5.74, 6) is 1.88. The molecule has 2 aliphatic carbocycles. The Balaban J connectivity index is 1.67. The lowest BCUT2D eigenvalue weighted by Gasteiger charge is -2.33. The van der Waals surface area contributed by atoms with Gasteiger partial charge in [0.2, 0.25) is 5.91 Å². The summed E-state index contributed by atoms with van der Waals surface area (Å²) < 4.78 is 0. The van der Waals surface area contributed by atoms with Crippen molar-refractivity contribution in [1.29, 1.82) is 0 Å². The number of thiophene rings is 1. The molecule has 3 aliphatic rings. The van der Waals surface area contributed by atoms with Crippen molar-refractivity contribution in [3.8, 4) is 0 Å². The molecule has 0 aromatic carbocycles. The van der Waals surface area contributed by atoms with Crippen LogP contribution < -0.4 is 5.32 Å². The zero-order valence-electron chi connectivity index (χ0n) is 11.9. The van der Waals surface area contributed by atoms with Crippen molar-refractivity contribution in [1.82, 2.24) is 10.2 Å². The SMILES string of the molecule is CCC1NC(c2cccs2)N(C(C2CC2)C2CC2)C1=O. The van der Waals surface area contributed by atoms with Crippen molar-refractivity contribution in [2.45, 2.75) is 57.3 Å². The summed E-state index contributed by atoms with van der Waals surface area (Å²) >= 11 is 1.76. The molecule has 2 saturated carbocycles. The summed E-state index contributed by atoms with van der Waals surface area (Å²) in [4.78, 5) is 16.3. The van der Waals surface area contributed by atoms with Gasteiger partial charge in [0, 0.05) is 10.9 Å². The van der Waals surface area contributed by atoms with Gasteiger partial charge in [0.25, 0.3) is 0 Å². The molecule has 1 aromatic heterocycles. The van der Waals surface area contributed by atoms with Crippen LogP contribution in [0.3, 0.4) is 0 Å². The molecule has 1 amide bonds. The Hall–Kier alpha value is -0.870. The topological polar surface area (TPSA) is 32.3 Å². The molecule has 2 heterocycles. The van der Waals surface area contributed by atoms with E-state index in [1.807, 2.05) is 0 Å². The standard InChI is InChI=1S/C16H22N2OS/c1-2-12-16(19)18(14(10-5-6-10)11-7-8-11)15(17-12)13-4-3-9-20-13/h3-4,9-12,14-15,17H,2,5-8H2,1H3. The Morgan fingerprint density at radius 3 is 2.55 bits per heavy atom. The first kappa shape index (κ1) is 12.8. The minimum Gasteiger partial charge on any atom is -0.317 e. The van der Waals surface area contributed by atoms with Crippen molar-refractivity contribution in [3.05, 3.63) is 22.4 Å². The molecule has 1 aliphatic heterocycles. The fourth-order valence-corrected chi connectivity index (χ4v) is 4.42. The monoisotopic (exact) mass is 290 g/mol. The largest absolute Gasteiger partial charge is 0.317 e. The van der Waals surface area contributed by atoms with Crippen molar-refractivity contribution in [3.63, 3.8) is 0 Å². The van der Waals surface area contributed by atoms with E-state index in [1.165, 1.54) is 30.6 Å². The van der Waals surface area contributed by atoms with Crippen molar-refractivity contribution >= 4 is 17.2 Å². The lowest BCUT2D eigenvalue weighted by molar-refractivity contribution is -0.133. The summed E-state index contributed by atoms with van der Waals surface area (Å²) in [5.41, 5.74) is 0. The first-order valence-electron chi connectivity index (χ1n) is 7.91. The summed E-state index contributed by atoms with van der Waals surface area (Å²) in [6, 6.07) is 4.77. The van der Waals surface area contributed by atoms with Gasteiger partial charge in [0.15, 0.2) is 0 Å². The summed E-state index contributed by atoms with van der Waals surface area (Å²) in [7, 11) is 0. The molecule has 1 aromatic rings. The van der Waals surface area contributed by atoms with Gasteiger partial charge in [-0.3, -0.25) is 10.1 Å². The van der Waals surface area contributed by atoms with E-state index in [4.69, 9.17) is 0 Å². The third kappa shape index (κ3) is 2.09. The van der Waals surface area contributed by atoms with E-state index < -0.39 is 0 Å². The van der Waals surface area contributed by atoms with E-state index in [2.05, 4.69) is 34.7 Å². The maximum Gasteiger partial charge on any atom is 0.241 e. The van der Waals surface area contributed by atoms with Gasteiger partial charge in [-0.1, -0.05) is 13.0 Å². The molecule has 3 fully saturated rings. The van der Waals surface area contributed by atoms with E-state index in [0.29, 0.717) is 11.9 Å². The highest BCUT2D eigenvalue weighted by Crippen LogP contribution is 2.50. The molecule has 0 radical (unpaired) electrons. The Bertz CT molecular complexity index is 481. The Kier molecular flexibility index (Phi) is 3.11. The molecule has 0 spiro atoms. The van der Waals surface area contributed by atoms with Gasteiger partial charge >= 0.3 is 0 Å². The summed E-state index contributed by atoms with van der Waals surface area (Å²) in [6.45, 7) is 2.10. The molecule has 2 atom stereocenters. The van der Waals surface area contributed by atoms with Gasteiger partial charge in [0.05, 0.1) is 6.04 Å². The smallest absolute Gasteiger partial charge is 0.241 e. The first-order valence-corrected chi connectivity index (χ1v) is 8.79. The van der Waals surface area contributed by atoms with Crippen LogP contribution in [0.5, 0.6) is 0 Å². The van der Waals surface area contributed by atoms with Crippen LogP contribution in [0.1, 0.15) is 50.1 Å². The van der Waals surface area contributed by atoms with Crippen LogP contribution in [-0.2, 0) is 4.79 Å². The number of hydrogen-bond acceptors (Lipinski definition) is 3. The van der Waals surface area contributed by atoms with Gasteiger partial charge in [-0.15, -0.1) is 11.3 Å². The van der Waals surface area contributed by atoms with Gasteiger partial charge in [-0.05, 0) is 55.4 Å². The van der Waals surface area contributed by atoms with Gasteiger partial charge in [0.1, 0.15) is 6.17 Å². The van der Waals surface area contributed by atoms with Crippen molar-refractivity contribution < 1.29 is 4.79 Å². The lowest BCUT2D eigenvalue weighted by Crippen LogP contribution is -2.42. The molecule has 108 valence electrons. The number of hydrogen-bond donors (Lipinski definition) is 1. The maximum absolute atomic E-state index is 12.8. The molecule has 0 bridgehead atoms. The molecule has 1 saturated heterocycles. The fraction of sp³-hybridized carbons (Fsp3) is 0.688. The van der Waals surface area contributed by atoms with E-state index >= 15 is 0 Å². The molecule has 4 heteroatoms.